The largest absolute Gasteiger partial charge is 0.345 e. The average molecular weight is 275 g/mol. The minimum Gasteiger partial charge on any atom is -0.345 e. The van der Waals surface area contributed by atoms with Crippen molar-refractivity contribution in [3.63, 3.8) is 0 Å². The molecule has 2 N–H and O–H groups in total. The molecule has 0 radical (unpaired) electrons. The smallest absolute Gasteiger partial charge is 0.255 e. The van der Waals surface area contributed by atoms with Gasteiger partial charge in [0.15, 0.2) is 0 Å². The van der Waals surface area contributed by atoms with Crippen LogP contribution in [-0.2, 0) is 0 Å². The van der Waals surface area contributed by atoms with Crippen molar-refractivity contribution in [2.24, 2.45) is 0 Å². The molecule has 0 saturated carbocycles. The van der Waals surface area contributed by atoms with Crippen LogP contribution in [0.3, 0.4) is 0 Å². The summed E-state index contributed by atoms with van der Waals surface area (Å²) in [6, 6.07) is 8.17. The van der Waals surface area contributed by atoms with Crippen molar-refractivity contribution in [2.45, 2.75) is 24.8 Å². The third-order valence-electron chi connectivity index (χ3n) is 3.04. The van der Waals surface area contributed by atoms with Crippen LogP contribution in [0.1, 0.15) is 34.6 Å². The first kappa shape index (κ1) is 13.7. The highest BCUT2D eigenvalue weighted by Crippen LogP contribution is 2.19. The molecule has 5 heteroatoms. The Morgan fingerprint density at radius 1 is 1.37 bits per heavy atom. The fourth-order valence-electron chi connectivity index (χ4n) is 1.83. The van der Waals surface area contributed by atoms with Crippen molar-refractivity contribution in [3.05, 3.63) is 47.3 Å². The van der Waals surface area contributed by atoms with E-state index in [1.165, 1.54) is 4.90 Å². The minimum absolute atomic E-state index is 0.0299. The zero-order chi connectivity index (χ0) is 13.8. The fraction of sp³-hybridized carbons (Fsp3) is 0.286. The molecule has 100 valence electrons. The molecule has 1 aromatic heterocycles. The summed E-state index contributed by atoms with van der Waals surface area (Å²) in [5.74, 6) is -0.104. The van der Waals surface area contributed by atoms with E-state index < -0.39 is 0 Å². The van der Waals surface area contributed by atoms with Crippen LogP contribution in [0.15, 0.2) is 35.4 Å². The van der Waals surface area contributed by atoms with Gasteiger partial charge in [0.25, 0.3) is 5.91 Å². The highest BCUT2D eigenvalue weighted by molar-refractivity contribution is 7.98. The molecule has 19 heavy (non-hydrogen) atoms. The number of thioether (sulfide) groups is 1. The highest BCUT2D eigenvalue weighted by Gasteiger charge is 2.14. The Hall–Kier alpha value is -1.75. The number of benzene rings is 1. The molecular weight excluding hydrogens is 258 g/mol. The molecule has 0 aliphatic carbocycles. The van der Waals surface area contributed by atoms with Crippen LogP contribution in [0, 0.1) is 6.92 Å². The monoisotopic (exact) mass is 275 g/mol. The normalized spacial score (nSPS) is 12.2. The Balaban J connectivity index is 2.06. The van der Waals surface area contributed by atoms with Gasteiger partial charge in [-0.3, -0.25) is 9.89 Å². The molecule has 2 aromatic rings. The van der Waals surface area contributed by atoms with Gasteiger partial charge in [0, 0.05) is 10.6 Å². The first-order valence-corrected chi connectivity index (χ1v) is 7.29. The van der Waals surface area contributed by atoms with Gasteiger partial charge in [-0.1, -0.05) is 12.1 Å². The summed E-state index contributed by atoms with van der Waals surface area (Å²) in [5.41, 5.74) is 2.46. The second-order valence-electron chi connectivity index (χ2n) is 4.38. The first-order chi connectivity index (χ1) is 9.11. The maximum absolute atomic E-state index is 12.1. The van der Waals surface area contributed by atoms with Crippen molar-refractivity contribution >= 4 is 17.7 Å². The number of amides is 1. The highest BCUT2D eigenvalue weighted by atomic mass is 32.2. The maximum Gasteiger partial charge on any atom is 0.255 e. The minimum atomic E-state index is -0.104. The lowest BCUT2D eigenvalue weighted by Gasteiger charge is -2.14. The van der Waals surface area contributed by atoms with E-state index in [0.29, 0.717) is 5.56 Å². The SMILES string of the molecule is CSc1ccc(C(C)NC(=O)c2cn[nH]c2C)cc1. The summed E-state index contributed by atoms with van der Waals surface area (Å²) in [5, 5.41) is 9.59. The number of hydrogen-bond donors (Lipinski definition) is 2. The van der Waals surface area contributed by atoms with E-state index in [1.54, 1.807) is 18.0 Å². The van der Waals surface area contributed by atoms with E-state index in [1.807, 2.05) is 32.2 Å². The number of rotatable bonds is 4. The predicted molar refractivity (Wildman–Crippen MR) is 77.4 cm³/mol. The van der Waals surface area contributed by atoms with Crippen molar-refractivity contribution < 1.29 is 4.79 Å². The van der Waals surface area contributed by atoms with Crippen molar-refractivity contribution in [2.75, 3.05) is 6.26 Å². The number of carbonyl (C=O) groups excluding carboxylic acids is 1. The standard InChI is InChI=1S/C14H17N3OS/c1-9(11-4-6-12(19-3)7-5-11)16-14(18)13-8-15-17-10(13)2/h4-9H,1-3H3,(H,15,17)(H,16,18). The van der Waals surface area contributed by atoms with E-state index >= 15 is 0 Å². The van der Waals surface area contributed by atoms with Gasteiger partial charge >= 0.3 is 0 Å². The Kier molecular flexibility index (Phi) is 4.27. The molecular formula is C14H17N3OS. The topological polar surface area (TPSA) is 57.8 Å². The van der Waals surface area contributed by atoms with Crippen LogP contribution >= 0.6 is 11.8 Å². The van der Waals surface area contributed by atoms with E-state index in [2.05, 4.69) is 27.6 Å². The van der Waals surface area contributed by atoms with E-state index in [-0.39, 0.29) is 11.9 Å². The summed E-state index contributed by atoms with van der Waals surface area (Å²) < 4.78 is 0. The van der Waals surface area contributed by atoms with Gasteiger partial charge in [0.2, 0.25) is 0 Å². The Labute approximate surface area is 117 Å². The summed E-state index contributed by atoms with van der Waals surface area (Å²) >= 11 is 1.70. The Morgan fingerprint density at radius 3 is 2.58 bits per heavy atom. The van der Waals surface area contributed by atoms with Crippen LogP contribution in [0.5, 0.6) is 0 Å². The van der Waals surface area contributed by atoms with E-state index in [4.69, 9.17) is 0 Å². The van der Waals surface area contributed by atoms with Crippen LogP contribution in [0.4, 0.5) is 0 Å². The number of nitrogens with zero attached hydrogens (tertiary/aromatic N) is 1. The number of aryl methyl sites for hydroxylation is 1. The van der Waals surface area contributed by atoms with Gasteiger partial charge in [0.1, 0.15) is 0 Å². The lowest BCUT2D eigenvalue weighted by atomic mass is 10.1. The van der Waals surface area contributed by atoms with Crippen LogP contribution in [-0.4, -0.2) is 22.4 Å². The molecule has 0 aliphatic heterocycles. The molecule has 0 fully saturated rings. The second kappa shape index (κ2) is 5.93. The number of hydrogen-bond acceptors (Lipinski definition) is 3. The Bertz CT molecular complexity index is 562. The van der Waals surface area contributed by atoms with E-state index in [0.717, 1.165) is 11.3 Å². The van der Waals surface area contributed by atoms with Gasteiger partial charge in [-0.05, 0) is 37.8 Å². The van der Waals surface area contributed by atoms with E-state index in [9.17, 15) is 4.79 Å². The molecule has 1 aromatic carbocycles. The summed E-state index contributed by atoms with van der Waals surface area (Å²) in [7, 11) is 0. The molecule has 0 bridgehead atoms. The first-order valence-electron chi connectivity index (χ1n) is 6.06. The third-order valence-corrected chi connectivity index (χ3v) is 3.78. The average Bonchev–Trinajstić information content (AvgIpc) is 2.85. The fourth-order valence-corrected chi connectivity index (χ4v) is 2.24. The summed E-state index contributed by atoms with van der Waals surface area (Å²) in [4.78, 5) is 13.3. The van der Waals surface area contributed by atoms with Crippen molar-refractivity contribution in [3.8, 4) is 0 Å². The van der Waals surface area contributed by atoms with Gasteiger partial charge < -0.3 is 5.32 Å². The summed E-state index contributed by atoms with van der Waals surface area (Å²) in [6.45, 7) is 3.81. The lowest BCUT2D eigenvalue weighted by molar-refractivity contribution is 0.0939. The number of aromatic nitrogens is 2. The molecule has 0 aliphatic rings. The van der Waals surface area contributed by atoms with Gasteiger partial charge in [-0.25, -0.2) is 0 Å². The van der Waals surface area contributed by atoms with Crippen LogP contribution in [0.2, 0.25) is 0 Å². The number of H-pyrrole nitrogens is 1. The maximum atomic E-state index is 12.1. The molecule has 2 rings (SSSR count). The Morgan fingerprint density at radius 2 is 2.05 bits per heavy atom. The molecule has 1 amide bonds. The second-order valence-corrected chi connectivity index (χ2v) is 5.26. The van der Waals surface area contributed by atoms with Crippen molar-refractivity contribution in [1.29, 1.82) is 0 Å². The van der Waals surface area contributed by atoms with Gasteiger partial charge in [0.05, 0.1) is 17.8 Å². The number of aromatic amines is 1. The molecule has 4 nitrogen and oxygen atoms in total. The van der Waals surface area contributed by atoms with Gasteiger partial charge in [-0.2, -0.15) is 5.10 Å². The van der Waals surface area contributed by atoms with Crippen LogP contribution < -0.4 is 5.32 Å². The quantitative estimate of drug-likeness (QED) is 0.843. The van der Waals surface area contributed by atoms with Crippen LogP contribution in [0.25, 0.3) is 0 Å². The molecule has 1 heterocycles. The molecule has 1 unspecified atom stereocenters. The molecule has 1 atom stereocenters. The zero-order valence-electron chi connectivity index (χ0n) is 11.2. The molecule has 0 saturated heterocycles. The predicted octanol–water partition coefficient (Wildman–Crippen LogP) is 2.93. The lowest BCUT2D eigenvalue weighted by Crippen LogP contribution is -2.26. The van der Waals surface area contributed by atoms with Crippen molar-refractivity contribution in [1.82, 2.24) is 15.5 Å². The zero-order valence-corrected chi connectivity index (χ0v) is 12.0. The molecule has 0 spiro atoms. The number of nitrogens with one attached hydrogen (secondary N) is 2. The summed E-state index contributed by atoms with van der Waals surface area (Å²) in [6.07, 6.45) is 3.59. The number of carbonyl (C=O) groups is 1. The third kappa shape index (κ3) is 3.17. The van der Waals surface area contributed by atoms with Gasteiger partial charge in [-0.15, -0.1) is 11.8 Å².